The number of pyridine rings is 2. The number of anilines is 3. The molecule has 0 aromatic carbocycles. The van der Waals surface area contributed by atoms with Gasteiger partial charge in [0.2, 0.25) is 12.3 Å². The number of halogens is 2. The maximum absolute atomic E-state index is 13.4. The molecule has 2 amide bonds. The second kappa shape index (κ2) is 12.0. The molecule has 2 atom stereocenters. The van der Waals surface area contributed by atoms with Crippen molar-refractivity contribution in [3.05, 3.63) is 63.5 Å². The Bertz CT molecular complexity index is 1210. The van der Waals surface area contributed by atoms with E-state index in [2.05, 4.69) is 20.6 Å². The number of rotatable bonds is 10. The monoisotopic (exact) mass is 545 g/mol. The van der Waals surface area contributed by atoms with Gasteiger partial charge in [0.05, 0.1) is 27.4 Å². The molecule has 1 aliphatic rings. The molecular formula is C26H29Cl2N5O2S. The Morgan fingerprint density at radius 3 is 2.72 bits per heavy atom. The zero-order valence-electron chi connectivity index (χ0n) is 20.2. The summed E-state index contributed by atoms with van der Waals surface area (Å²) in [6.45, 7) is 3.96. The number of hydrogen-bond acceptors (Lipinski definition) is 6. The smallest absolute Gasteiger partial charge is 0.247 e. The molecule has 10 heteroatoms. The minimum Gasteiger partial charge on any atom is -0.376 e. The van der Waals surface area contributed by atoms with Gasteiger partial charge in [-0.3, -0.25) is 19.5 Å². The molecular weight excluding hydrogens is 517 g/mol. The van der Waals surface area contributed by atoms with Gasteiger partial charge in [-0.15, -0.1) is 11.3 Å². The molecule has 0 aliphatic heterocycles. The third-order valence-corrected chi connectivity index (χ3v) is 8.19. The zero-order chi connectivity index (χ0) is 25.7. The molecule has 1 saturated carbocycles. The maximum Gasteiger partial charge on any atom is 0.247 e. The second-order valence-electron chi connectivity index (χ2n) is 9.10. The van der Waals surface area contributed by atoms with E-state index >= 15 is 0 Å². The van der Waals surface area contributed by atoms with E-state index in [1.807, 2.05) is 32.0 Å². The fourth-order valence-corrected chi connectivity index (χ4v) is 5.92. The number of carbonyl (C=O) groups is 2. The first-order chi connectivity index (χ1) is 17.3. The molecule has 2 N–H and O–H groups in total. The summed E-state index contributed by atoms with van der Waals surface area (Å²) in [6.07, 6.45) is 8.98. The van der Waals surface area contributed by atoms with Crippen molar-refractivity contribution < 1.29 is 9.59 Å². The van der Waals surface area contributed by atoms with Crippen LogP contribution in [0.1, 0.15) is 55.6 Å². The zero-order valence-corrected chi connectivity index (χ0v) is 22.5. The summed E-state index contributed by atoms with van der Waals surface area (Å²) in [5, 5.41) is 7.95. The van der Waals surface area contributed by atoms with E-state index in [0.717, 1.165) is 53.4 Å². The summed E-state index contributed by atoms with van der Waals surface area (Å²) in [4.78, 5) is 36.7. The van der Waals surface area contributed by atoms with Crippen molar-refractivity contribution in [1.29, 1.82) is 0 Å². The molecule has 0 radical (unpaired) electrons. The van der Waals surface area contributed by atoms with E-state index in [-0.39, 0.29) is 11.9 Å². The standard InChI is InChI=1S/C26H29Cl2N5O2S/c1-16-21(12-19(27)14-30-16)31-17(2)23-7-8-25(36-23)33(15-34)22(11-18-5-3-4-6-18)26(35)32-20-9-10-29-24(28)13-20/h7-10,12-15,17-18,22,31H,3-6,11H2,1-2H3,(H,29,32,35)/t17-,22+/m0/s1. The SMILES string of the molecule is Cc1ncc(Cl)cc1N[C@@H](C)c1ccc(N(C=O)[C@H](CC2CCCC2)C(=O)Nc2ccnc(Cl)c2)s1. The number of nitrogens with one attached hydrogen (secondary N) is 2. The Balaban J connectivity index is 1.55. The highest BCUT2D eigenvalue weighted by Gasteiger charge is 2.31. The maximum atomic E-state index is 13.4. The van der Waals surface area contributed by atoms with E-state index in [0.29, 0.717) is 28.2 Å². The Labute approximate surface area is 225 Å². The normalized spacial score (nSPS) is 15.3. The van der Waals surface area contributed by atoms with Gasteiger partial charge in [0.25, 0.3) is 0 Å². The fraction of sp³-hybridized carbons (Fsp3) is 0.385. The summed E-state index contributed by atoms with van der Waals surface area (Å²) in [5.74, 6) is 0.167. The van der Waals surface area contributed by atoms with Crippen molar-refractivity contribution in [2.45, 2.75) is 58.0 Å². The van der Waals surface area contributed by atoms with Crippen LogP contribution in [0.15, 0.2) is 42.7 Å². The van der Waals surface area contributed by atoms with Gasteiger partial charge in [-0.1, -0.05) is 48.9 Å². The molecule has 1 fully saturated rings. The first-order valence-electron chi connectivity index (χ1n) is 12.0. The Kier molecular flexibility index (Phi) is 8.82. The summed E-state index contributed by atoms with van der Waals surface area (Å²) in [7, 11) is 0. The highest BCUT2D eigenvalue weighted by molar-refractivity contribution is 7.16. The van der Waals surface area contributed by atoms with Crippen LogP contribution in [0.25, 0.3) is 0 Å². The van der Waals surface area contributed by atoms with Gasteiger partial charge in [-0.05, 0) is 56.5 Å². The van der Waals surface area contributed by atoms with Gasteiger partial charge in [0, 0.05) is 23.0 Å². The van der Waals surface area contributed by atoms with E-state index in [1.54, 1.807) is 29.4 Å². The minimum atomic E-state index is -0.633. The number of amides is 2. The molecule has 7 nitrogen and oxygen atoms in total. The predicted molar refractivity (Wildman–Crippen MR) is 147 cm³/mol. The van der Waals surface area contributed by atoms with Crippen LogP contribution in [-0.4, -0.2) is 28.3 Å². The van der Waals surface area contributed by atoms with Crippen molar-refractivity contribution in [2.75, 3.05) is 15.5 Å². The topological polar surface area (TPSA) is 87.2 Å². The predicted octanol–water partition coefficient (Wildman–Crippen LogP) is 6.88. The number of thiophene rings is 1. The molecule has 4 rings (SSSR count). The second-order valence-corrected chi connectivity index (χ2v) is 11.0. The lowest BCUT2D eigenvalue weighted by atomic mass is 9.97. The van der Waals surface area contributed by atoms with Gasteiger partial charge in [-0.2, -0.15) is 0 Å². The molecule has 0 bridgehead atoms. The van der Waals surface area contributed by atoms with Crippen molar-refractivity contribution in [3.63, 3.8) is 0 Å². The third-order valence-electron chi connectivity index (χ3n) is 6.50. The van der Waals surface area contributed by atoms with E-state index in [4.69, 9.17) is 23.2 Å². The average Bonchev–Trinajstić information content (AvgIpc) is 3.54. The molecule has 190 valence electrons. The Morgan fingerprint density at radius 1 is 1.22 bits per heavy atom. The lowest BCUT2D eigenvalue weighted by molar-refractivity contribution is -0.119. The van der Waals surface area contributed by atoms with Crippen LogP contribution in [0.3, 0.4) is 0 Å². The van der Waals surface area contributed by atoms with Crippen LogP contribution in [-0.2, 0) is 9.59 Å². The molecule has 0 unspecified atom stereocenters. The van der Waals surface area contributed by atoms with Crippen molar-refractivity contribution in [2.24, 2.45) is 5.92 Å². The molecule has 3 aromatic heterocycles. The average molecular weight is 547 g/mol. The van der Waals surface area contributed by atoms with Crippen molar-refractivity contribution in [3.8, 4) is 0 Å². The fourth-order valence-electron chi connectivity index (χ4n) is 4.57. The summed E-state index contributed by atoms with van der Waals surface area (Å²) in [5.41, 5.74) is 2.26. The molecule has 0 spiro atoms. The van der Waals surface area contributed by atoms with Gasteiger partial charge in [-0.25, -0.2) is 4.98 Å². The van der Waals surface area contributed by atoms with Crippen molar-refractivity contribution in [1.82, 2.24) is 9.97 Å². The summed E-state index contributed by atoms with van der Waals surface area (Å²) in [6, 6.07) is 8.33. The lowest BCUT2D eigenvalue weighted by Gasteiger charge is -2.28. The van der Waals surface area contributed by atoms with Crippen LogP contribution in [0.2, 0.25) is 10.2 Å². The molecule has 3 aromatic rings. The summed E-state index contributed by atoms with van der Waals surface area (Å²) >= 11 is 13.6. The number of hydrogen-bond donors (Lipinski definition) is 2. The van der Waals surface area contributed by atoms with E-state index in [1.165, 1.54) is 11.3 Å². The Hall–Kier alpha value is -2.68. The Morgan fingerprint density at radius 2 is 2.00 bits per heavy atom. The van der Waals surface area contributed by atoms with Gasteiger partial charge >= 0.3 is 0 Å². The van der Waals surface area contributed by atoms with Crippen molar-refractivity contribution >= 4 is 63.2 Å². The van der Waals surface area contributed by atoms with E-state index in [9.17, 15) is 9.59 Å². The number of nitrogens with zero attached hydrogens (tertiary/aromatic N) is 3. The molecule has 36 heavy (non-hydrogen) atoms. The van der Waals surface area contributed by atoms with Gasteiger partial charge < -0.3 is 10.6 Å². The minimum absolute atomic E-state index is 0.0442. The quantitative estimate of drug-likeness (QED) is 0.214. The first-order valence-corrected chi connectivity index (χ1v) is 13.6. The summed E-state index contributed by atoms with van der Waals surface area (Å²) < 4.78 is 0. The molecule has 0 saturated heterocycles. The van der Waals surface area contributed by atoms with Crippen LogP contribution in [0.4, 0.5) is 16.4 Å². The van der Waals surface area contributed by atoms with E-state index < -0.39 is 6.04 Å². The van der Waals surface area contributed by atoms with Crippen LogP contribution in [0.5, 0.6) is 0 Å². The van der Waals surface area contributed by atoms with Crippen LogP contribution in [0, 0.1) is 12.8 Å². The third kappa shape index (κ3) is 6.55. The largest absolute Gasteiger partial charge is 0.376 e. The van der Waals surface area contributed by atoms with Gasteiger partial charge in [0.15, 0.2) is 0 Å². The first kappa shape index (κ1) is 26.4. The lowest BCUT2D eigenvalue weighted by Crippen LogP contribution is -2.44. The highest BCUT2D eigenvalue weighted by atomic mass is 35.5. The van der Waals surface area contributed by atoms with Crippen LogP contribution < -0.4 is 15.5 Å². The van der Waals surface area contributed by atoms with Gasteiger partial charge in [0.1, 0.15) is 11.2 Å². The molecule has 3 heterocycles. The number of carbonyl (C=O) groups excluding carboxylic acids is 2. The van der Waals surface area contributed by atoms with Crippen LogP contribution >= 0.6 is 34.5 Å². The number of aromatic nitrogens is 2. The molecule has 1 aliphatic carbocycles. The highest BCUT2D eigenvalue weighted by Crippen LogP contribution is 2.36. The number of aryl methyl sites for hydroxylation is 1.